The molecule has 1 fully saturated rings. The van der Waals surface area contributed by atoms with Crippen LogP contribution in [0.4, 0.5) is 0 Å². The number of carbonyl (C=O) groups is 1. The van der Waals surface area contributed by atoms with Gasteiger partial charge in [-0.25, -0.2) is 0 Å². The second-order valence-electron chi connectivity index (χ2n) is 5.80. The maximum Gasteiger partial charge on any atom is 0.237 e. The van der Waals surface area contributed by atoms with Crippen LogP contribution in [0.5, 0.6) is 0 Å². The molecule has 5 heteroatoms. The molecule has 0 aromatic heterocycles. The van der Waals surface area contributed by atoms with Gasteiger partial charge in [0.25, 0.3) is 0 Å². The molecule has 1 aliphatic heterocycles. The minimum absolute atomic E-state index is 0.422. The van der Waals surface area contributed by atoms with Crippen LogP contribution >= 0.6 is 0 Å². The Morgan fingerprint density at radius 1 is 1.47 bits per heavy atom. The lowest BCUT2D eigenvalue weighted by Gasteiger charge is -2.25. The second kappa shape index (κ2) is 5.33. The molecule has 4 N–H and O–H groups in total. The Balaban J connectivity index is 2.43. The predicted octanol–water partition coefficient (Wildman–Crippen LogP) is -0.539. The van der Waals surface area contributed by atoms with Gasteiger partial charge in [0.2, 0.25) is 5.91 Å². The average Bonchev–Trinajstić information content (AvgIpc) is 2.57. The van der Waals surface area contributed by atoms with Gasteiger partial charge in [0.05, 0.1) is 5.54 Å². The average molecular weight is 242 g/mol. The van der Waals surface area contributed by atoms with Crippen molar-refractivity contribution in [2.45, 2.75) is 31.8 Å². The number of carbonyl (C=O) groups excluding carboxylic acids is 1. The summed E-state index contributed by atoms with van der Waals surface area (Å²) in [5.74, 6) is 0.233. The first-order valence-electron chi connectivity index (χ1n) is 6.21. The number of likely N-dealkylation sites (tertiary alicyclic amines) is 1. The van der Waals surface area contributed by atoms with Crippen LogP contribution in [0.15, 0.2) is 0 Å². The molecule has 1 saturated heterocycles. The zero-order valence-electron chi connectivity index (χ0n) is 11.4. The highest BCUT2D eigenvalue weighted by molar-refractivity contribution is 5.83. The highest BCUT2D eigenvalue weighted by atomic mass is 16.1. The number of primary amides is 1. The molecule has 100 valence electrons. The number of hydrogen-bond donors (Lipinski definition) is 2. The van der Waals surface area contributed by atoms with E-state index in [0.717, 1.165) is 19.6 Å². The Morgan fingerprint density at radius 3 is 2.47 bits per heavy atom. The third-order valence-electron chi connectivity index (χ3n) is 3.82. The van der Waals surface area contributed by atoms with Crippen molar-refractivity contribution in [1.82, 2.24) is 9.80 Å². The molecule has 0 saturated carbocycles. The van der Waals surface area contributed by atoms with Crippen molar-refractivity contribution in [3.8, 4) is 0 Å². The van der Waals surface area contributed by atoms with E-state index in [2.05, 4.69) is 30.8 Å². The molecule has 1 rings (SSSR count). The van der Waals surface area contributed by atoms with Crippen LogP contribution in [0.25, 0.3) is 0 Å². The first-order chi connectivity index (χ1) is 7.74. The molecule has 5 nitrogen and oxygen atoms in total. The van der Waals surface area contributed by atoms with Crippen molar-refractivity contribution in [1.29, 1.82) is 0 Å². The third kappa shape index (κ3) is 3.66. The van der Waals surface area contributed by atoms with Crippen LogP contribution in [-0.4, -0.2) is 61.0 Å². The largest absolute Gasteiger partial charge is 0.368 e. The summed E-state index contributed by atoms with van der Waals surface area (Å²) in [6, 6.07) is 0.590. The molecule has 0 spiro atoms. The predicted molar refractivity (Wildman–Crippen MR) is 69.5 cm³/mol. The highest BCUT2D eigenvalue weighted by Crippen LogP contribution is 2.20. The van der Waals surface area contributed by atoms with Gasteiger partial charge in [0, 0.05) is 25.7 Å². The van der Waals surface area contributed by atoms with Gasteiger partial charge in [-0.15, -0.1) is 0 Å². The van der Waals surface area contributed by atoms with Crippen molar-refractivity contribution >= 4 is 5.91 Å². The third-order valence-corrected chi connectivity index (χ3v) is 3.82. The first kappa shape index (κ1) is 14.4. The molecule has 3 unspecified atom stereocenters. The van der Waals surface area contributed by atoms with Gasteiger partial charge in [-0.2, -0.15) is 0 Å². The van der Waals surface area contributed by atoms with E-state index in [1.807, 2.05) is 0 Å². The van der Waals surface area contributed by atoms with E-state index in [-0.39, 0.29) is 0 Å². The number of nitrogens with zero attached hydrogens (tertiary/aromatic N) is 2. The Bertz CT molecular complexity index is 278. The molecular formula is C12H26N4O. The van der Waals surface area contributed by atoms with Gasteiger partial charge in [-0.05, 0) is 33.4 Å². The molecule has 0 aliphatic carbocycles. The molecule has 1 heterocycles. The molecule has 1 aliphatic rings. The number of likely N-dealkylation sites (N-methyl/N-ethyl adjacent to an activating group) is 1. The van der Waals surface area contributed by atoms with Crippen molar-refractivity contribution in [2.75, 3.05) is 33.7 Å². The standard InChI is InChI=1S/C12H26N4O/c1-9-7-16(8-10(9)15(3)4)6-5-12(2,14)11(13)17/h9-10H,5-8,14H2,1-4H3,(H2,13,17). The summed E-state index contributed by atoms with van der Waals surface area (Å²) in [4.78, 5) is 15.8. The summed E-state index contributed by atoms with van der Waals surface area (Å²) in [5.41, 5.74) is 10.2. The van der Waals surface area contributed by atoms with Crippen molar-refractivity contribution in [2.24, 2.45) is 17.4 Å². The van der Waals surface area contributed by atoms with E-state index < -0.39 is 11.4 Å². The molecular weight excluding hydrogens is 216 g/mol. The summed E-state index contributed by atoms with van der Waals surface area (Å²) >= 11 is 0. The van der Waals surface area contributed by atoms with E-state index in [4.69, 9.17) is 11.5 Å². The van der Waals surface area contributed by atoms with E-state index in [1.165, 1.54) is 0 Å². The van der Waals surface area contributed by atoms with E-state index in [9.17, 15) is 4.79 Å². The fourth-order valence-corrected chi connectivity index (χ4v) is 2.42. The van der Waals surface area contributed by atoms with E-state index in [1.54, 1.807) is 6.92 Å². The number of rotatable bonds is 5. The Labute approximate surface area is 104 Å². The van der Waals surface area contributed by atoms with Gasteiger partial charge in [-0.3, -0.25) is 4.79 Å². The molecule has 0 aromatic carbocycles. The van der Waals surface area contributed by atoms with Crippen LogP contribution in [0.3, 0.4) is 0 Å². The summed E-state index contributed by atoms with van der Waals surface area (Å²) in [7, 11) is 4.22. The Kier molecular flexibility index (Phi) is 4.52. The minimum Gasteiger partial charge on any atom is -0.368 e. The summed E-state index contributed by atoms with van der Waals surface area (Å²) in [6.45, 7) is 6.92. The minimum atomic E-state index is -0.889. The summed E-state index contributed by atoms with van der Waals surface area (Å²) in [6.07, 6.45) is 0.620. The lowest BCUT2D eigenvalue weighted by Crippen LogP contribution is -2.51. The van der Waals surface area contributed by atoms with Crippen molar-refractivity contribution in [3.63, 3.8) is 0 Å². The van der Waals surface area contributed by atoms with Crippen molar-refractivity contribution in [3.05, 3.63) is 0 Å². The van der Waals surface area contributed by atoms with Crippen LogP contribution in [0.2, 0.25) is 0 Å². The maximum atomic E-state index is 11.1. The fourth-order valence-electron chi connectivity index (χ4n) is 2.42. The molecule has 17 heavy (non-hydrogen) atoms. The van der Waals surface area contributed by atoms with Gasteiger partial charge in [0.15, 0.2) is 0 Å². The summed E-state index contributed by atoms with van der Waals surface area (Å²) < 4.78 is 0. The van der Waals surface area contributed by atoms with Crippen molar-refractivity contribution < 1.29 is 4.79 Å². The molecule has 0 radical (unpaired) electrons. The van der Waals surface area contributed by atoms with Crippen LogP contribution in [-0.2, 0) is 4.79 Å². The highest BCUT2D eigenvalue weighted by Gasteiger charge is 2.33. The number of hydrogen-bond acceptors (Lipinski definition) is 4. The van der Waals surface area contributed by atoms with Crippen LogP contribution < -0.4 is 11.5 Å². The van der Waals surface area contributed by atoms with Gasteiger partial charge in [0.1, 0.15) is 0 Å². The lowest BCUT2D eigenvalue weighted by molar-refractivity contribution is -0.122. The number of nitrogens with two attached hydrogens (primary N) is 2. The summed E-state index contributed by atoms with van der Waals surface area (Å²) in [5, 5.41) is 0. The van der Waals surface area contributed by atoms with E-state index in [0.29, 0.717) is 18.4 Å². The smallest absolute Gasteiger partial charge is 0.237 e. The molecule has 0 bridgehead atoms. The molecule has 0 aromatic rings. The van der Waals surface area contributed by atoms with Gasteiger partial charge < -0.3 is 21.3 Å². The topological polar surface area (TPSA) is 75.6 Å². The lowest BCUT2D eigenvalue weighted by atomic mass is 9.98. The zero-order valence-corrected chi connectivity index (χ0v) is 11.4. The fraction of sp³-hybridized carbons (Fsp3) is 0.917. The zero-order chi connectivity index (χ0) is 13.2. The SMILES string of the molecule is CC1CN(CCC(C)(N)C(N)=O)CC1N(C)C. The van der Waals surface area contributed by atoms with Gasteiger partial charge in [-0.1, -0.05) is 6.92 Å². The number of amides is 1. The Hall–Kier alpha value is -0.650. The quantitative estimate of drug-likeness (QED) is 0.679. The normalized spacial score (nSPS) is 29.5. The van der Waals surface area contributed by atoms with Crippen LogP contribution in [0, 0.1) is 5.92 Å². The first-order valence-corrected chi connectivity index (χ1v) is 6.21. The second-order valence-corrected chi connectivity index (χ2v) is 5.80. The monoisotopic (exact) mass is 242 g/mol. The van der Waals surface area contributed by atoms with E-state index >= 15 is 0 Å². The molecule has 1 amide bonds. The Morgan fingerprint density at radius 2 is 2.06 bits per heavy atom. The molecule has 3 atom stereocenters. The van der Waals surface area contributed by atoms with Crippen LogP contribution in [0.1, 0.15) is 20.3 Å². The maximum absolute atomic E-state index is 11.1. The van der Waals surface area contributed by atoms with Gasteiger partial charge >= 0.3 is 0 Å².